The SMILES string of the molecule is N#CC1=C[C@H](O)[C@H](O)[C@H](O)C1. The van der Waals surface area contributed by atoms with Crippen LogP contribution >= 0.6 is 0 Å². The fourth-order valence-corrected chi connectivity index (χ4v) is 1.03. The molecule has 3 N–H and O–H groups in total. The molecule has 0 fully saturated rings. The fourth-order valence-electron chi connectivity index (χ4n) is 1.03. The molecule has 1 rings (SSSR count). The second kappa shape index (κ2) is 3.01. The molecule has 0 aliphatic heterocycles. The van der Waals surface area contributed by atoms with E-state index in [1.807, 2.05) is 6.07 Å². The summed E-state index contributed by atoms with van der Waals surface area (Å²) in [6.45, 7) is 0. The van der Waals surface area contributed by atoms with Crippen molar-refractivity contribution in [3.8, 4) is 6.07 Å². The number of rotatable bonds is 0. The first-order valence-corrected chi connectivity index (χ1v) is 3.30. The maximum absolute atomic E-state index is 9.05. The van der Waals surface area contributed by atoms with Gasteiger partial charge in [0.15, 0.2) is 0 Å². The van der Waals surface area contributed by atoms with Crippen LogP contribution in [0, 0.1) is 11.3 Å². The topological polar surface area (TPSA) is 84.5 Å². The predicted octanol–water partition coefficient (Wildman–Crippen LogP) is -1.08. The van der Waals surface area contributed by atoms with E-state index in [0.29, 0.717) is 5.57 Å². The predicted molar refractivity (Wildman–Crippen MR) is 36.3 cm³/mol. The van der Waals surface area contributed by atoms with E-state index in [1.54, 1.807) is 0 Å². The Balaban J connectivity index is 2.78. The normalized spacial score (nSPS) is 37.6. The summed E-state index contributed by atoms with van der Waals surface area (Å²) in [5.74, 6) is 0. The van der Waals surface area contributed by atoms with Crippen molar-refractivity contribution < 1.29 is 15.3 Å². The summed E-state index contributed by atoms with van der Waals surface area (Å²) in [6, 6.07) is 1.82. The van der Waals surface area contributed by atoms with Gasteiger partial charge in [0.05, 0.1) is 12.2 Å². The molecule has 0 amide bonds. The highest BCUT2D eigenvalue weighted by Crippen LogP contribution is 2.18. The van der Waals surface area contributed by atoms with E-state index in [2.05, 4.69) is 0 Å². The fraction of sp³-hybridized carbons (Fsp3) is 0.571. The van der Waals surface area contributed by atoms with Gasteiger partial charge in [-0.1, -0.05) is 0 Å². The van der Waals surface area contributed by atoms with Crippen LogP contribution in [0.1, 0.15) is 6.42 Å². The van der Waals surface area contributed by atoms with Crippen LogP contribution in [-0.4, -0.2) is 33.6 Å². The van der Waals surface area contributed by atoms with Crippen LogP contribution in [0.2, 0.25) is 0 Å². The lowest BCUT2D eigenvalue weighted by Gasteiger charge is -2.25. The zero-order chi connectivity index (χ0) is 8.43. The molecule has 0 aromatic heterocycles. The Labute approximate surface area is 64.0 Å². The third-order valence-corrected chi connectivity index (χ3v) is 1.69. The largest absolute Gasteiger partial charge is 0.390 e. The lowest BCUT2D eigenvalue weighted by Crippen LogP contribution is -2.39. The van der Waals surface area contributed by atoms with Gasteiger partial charge in [0.1, 0.15) is 12.2 Å². The van der Waals surface area contributed by atoms with E-state index in [4.69, 9.17) is 20.6 Å². The van der Waals surface area contributed by atoms with Crippen molar-refractivity contribution in [2.45, 2.75) is 24.7 Å². The van der Waals surface area contributed by atoms with Crippen molar-refractivity contribution in [3.63, 3.8) is 0 Å². The number of aliphatic hydroxyl groups excluding tert-OH is 3. The van der Waals surface area contributed by atoms with Gasteiger partial charge in [-0.25, -0.2) is 0 Å². The van der Waals surface area contributed by atoms with E-state index in [-0.39, 0.29) is 6.42 Å². The highest BCUT2D eigenvalue weighted by Gasteiger charge is 2.28. The summed E-state index contributed by atoms with van der Waals surface area (Å²) in [5, 5.41) is 35.5. The summed E-state index contributed by atoms with van der Waals surface area (Å²) in [5.41, 5.74) is 0.315. The van der Waals surface area contributed by atoms with Gasteiger partial charge in [-0.2, -0.15) is 5.26 Å². The molecule has 0 unspecified atom stereocenters. The zero-order valence-corrected chi connectivity index (χ0v) is 5.81. The molecule has 0 saturated carbocycles. The van der Waals surface area contributed by atoms with Crippen LogP contribution in [0.15, 0.2) is 11.6 Å². The first-order chi connectivity index (χ1) is 5.15. The number of hydrogen-bond donors (Lipinski definition) is 3. The Kier molecular flexibility index (Phi) is 2.25. The van der Waals surface area contributed by atoms with Gasteiger partial charge >= 0.3 is 0 Å². The summed E-state index contributed by atoms with van der Waals surface area (Å²) >= 11 is 0. The maximum atomic E-state index is 9.05. The van der Waals surface area contributed by atoms with Crippen LogP contribution in [0.5, 0.6) is 0 Å². The summed E-state index contributed by atoms with van der Waals surface area (Å²) < 4.78 is 0. The van der Waals surface area contributed by atoms with Gasteiger partial charge in [-0.05, 0) is 6.08 Å². The number of aliphatic hydroxyl groups is 3. The zero-order valence-electron chi connectivity index (χ0n) is 5.81. The minimum absolute atomic E-state index is 0.120. The Bertz CT molecular complexity index is 218. The average Bonchev–Trinajstić information content (AvgIpc) is 1.99. The minimum Gasteiger partial charge on any atom is -0.390 e. The molecule has 3 atom stereocenters. The molecule has 1 aliphatic carbocycles. The van der Waals surface area contributed by atoms with E-state index >= 15 is 0 Å². The van der Waals surface area contributed by atoms with Crippen LogP contribution < -0.4 is 0 Å². The molecule has 0 spiro atoms. The third kappa shape index (κ3) is 1.57. The quantitative estimate of drug-likeness (QED) is 0.415. The van der Waals surface area contributed by atoms with E-state index in [0.717, 1.165) is 0 Å². The van der Waals surface area contributed by atoms with Crippen molar-refractivity contribution >= 4 is 0 Å². The van der Waals surface area contributed by atoms with Crippen LogP contribution in [0.25, 0.3) is 0 Å². The van der Waals surface area contributed by atoms with E-state index in [9.17, 15) is 0 Å². The average molecular weight is 155 g/mol. The van der Waals surface area contributed by atoms with Crippen LogP contribution in [0.4, 0.5) is 0 Å². The van der Waals surface area contributed by atoms with Gasteiger partial charge in [0, 0.05) is 12.0 Å². The Morgan fingerprint density at radius 1 is 1.45 bits per heavy atom. The summed E-state index contributed by atoms with van der Waals surface area (Å²) in [4.78, 5) is 0. The van der Waals surface area contributed by atoms with Crippen molar-refractivity contribution in [3.05, 3.63) is 11.6 Å². The molecule has 0 aromatic rings. The molecule has 0 saturated heterocycles. The molecule has 60 valence electrons. The molecule has 0 radical (unpaired) electrons. The third-order valence-electron chi connectivity index (χ3n) is 1.69. The van der Waals surface area contributed by atoms with Crippen LogP contribution in [0.3, 0.4) is 0 Å². The minimum atomic E-state index is -1.16. The van der Waals surface area contributed by atoms with Gasteiger partial charge in [0.2, 0.25) is 0 Å². The van der Waals surface area contributed by atoms with E-state index in [1.165, 1.54) is 6.08 Å². The van der Waals surface area contributed by atoms with Crippen molar-refractivity contribution in [1.82, 2.24) is 0 Å². The molecule has 0 bridgehead atoms. The Morgan fingerprint density at radius 3 is 2.55 bits per heavy atom. The maximum Gasteiger partial charge on any atom is 0.110 e. The molecule has 4 heteroatoms. The Hall–Kier alpha value is -0.890. The van der Waals surface area contributed by atoms with Crippen LogP contribution in [-0.2, 0) is 0 Å². The standard InChI is InChI=1S/C7H9NO3/c8-3-4-1-5(9)7(11)6(10)2-4/h1,5-7,9-11H,2H2/t5-,6+,7-/m0/s1. The first-order valence-electron chi connectivity index (χ1n) is 3.30. The highest BCUT2D eigenvalue weighted by atomic mass is 16.4. The molecule has 0 heterocycles. The highest BCUT2D eigenvalue weighted by molar-refractivity contribution is 5.26. The lowest BCUT2D eigenvalue weighted by atomic mass is 9.93. The molecule has 11 heavy (non-hydrogen) atoms. The van der Waals surface area contributed by atoms with Crippen molar-refractivity contribution in [2.75, 3.05) is 0 Å². The van der Waals surface area contributed by atoms with Gasteiger partial charge < -0.3 is 15.3 Å². The monoisotopic (exact) mass is 155 g/mol. The first kappa shape index (κ1) is 8.21. The molecule has 0 aromatic carbocycles. The van der Waals surface area contributed by atoms with Gasteiger partial charge in [-0.3, -0.25) is 0 Å². The molecular weight excluding hydrogens is 146 g/mol. The Morgan fingerprint density at radius 2 is 2.09 bits per heavy atom. The summed E-state index contributed by atoms with van der Waals surface area (Å²) in [6.07, 6.45) is -1.92. The van der Waals surface area contributed by atoms with E-state index < -0.39 is 18.3 Å². The number of nitriles is 1. The summed E-state index contributed by atoms with van der Waals surface area (Å²) in [7, 11) is 0. The van der Waals surface area contributed by atoms with Gasteiger partial charge in [-0.15, -0.1) is 0 Å². The van der Waals surface area contributed by atoms with Crippen molar-refractivity contribution in [1.29, 1.82) is 5.26 Å². The molecular formula is C7H9NO3. The molecule has 4 nitrogen and oxygen atoms in total. The van der Waals surface area contributed by atoms with Crippen molar-refractivity contribution in [2.24, 2.45) is 0 Å². The number of nitrogens with zero attached hydrogens (tertiary/aromatic N) is 1. The lowest BCUT2D eigenvalue weighted by molar-refractivity contribution is -0.0466. The second-order valence-corrected chi connectivity index (χ2v) is 2.56. The smallest absolute Gasteiger partial charge is 0.110 e. The van der Waals surface area contributed by atoms with Gasteiger partial charge in [0.25, 0.3) is 0 Å². The molecule has 1 aliphatic rings. The number of hydrogen-bond acceptors (Lipinski definition) is 4. The second-order valence-electron chi connectivity index (χ2n) is 2.56.